The van der Waals surface area contributed by atoms with Gasteiger partial charge in [0.25, 0.3) is 0 Å². The monoisotopic (exact) mass is 217 g/mol. The molecule has 0 N–H and O–H groups in total. The van der Waals surface area contributed by atoms with Crippen LogP contribution < -0.4 is 0 Å². The summed E-state index contributed by atoms with van der Waals surface area (Å²) in [7, 11) is -2.51. The summed E-state index contributed by atoms with van der Waals surface area (Å²) in [5.74, 6) is 0. The molecule has 0 amide bonds. The minimum Gasteiger partial charge on any atom is -0.227 e. The fourth-order valence-corrected chi connectivity index (χ4v) is 1.69. The first-order valence-electron chi connectivity index (χ1n) is 4.49. The van der Waals surface area contributed by atoms with E-state index in [9.17, 15) is 8.42 Å². The number of hydrogen-bond donors (Lipinski definition) is 1. The van der Waals surface area contributed by atoms with Crippen LogP contribution in [-0.4, -0.2) is 8.42 Å². The zero-order valence-electron chi connectivity index (χ0n) is 7.88. The Morgan fingerprint density at radius 1 is 0.933 bits per heavy atom. The van der Waals surface area contributed by atoms with E-state index < -0.39 is 10.7 Å². The first-order valence-corrected chi connectivity index (χ1v) is 5.66. The van der Waals surface area contributed by atoms with Crippen LogP contribution in [0.3, 0.4) is 0 Å². The molecule has 2 aromatic rings. The lowest BCUT2D eigenvalue weighted by atomic mass is 10.1. The second kappa shape index (κ2) is 4.28. The van der Waals surface area contributed by atoms with Crippen LogP contribution in [0.2, 0.25) is 0 Å². The molecular formula is C12H9O2S. The third-order valence-corrected chi connectivity index (χ3v) is 2.79. The van der Waals surface area contributed by atoms with E-state index in [0.717, 1.165) is 11.1 Å². The van der Waals surface area contributed by atoms with Crippen LogP contribution in [-0.2, 0) is 10.7 Å². The Balaban J connectivity index is 2.40. The highest BCUT2D eigenvalue weighted by Gasteiger charge is 1.98. The highest BCUT2D eigenvalue weighted by atomic mass is 32.2. The maximum Gasteiger partial charge on any atom is 0.168 e. The van der Waals surface area contributed by atoms with Crippen LogP contribution in [0.5, 0.6) is 0 Å². The molecule has 3 heteroatoms. The van der Waals surface area contributed by atoms with E-state index >= 15 is 0 Å². The van der Waals surface area contributed by atoms with E-state index in [1.807, 2.05) is 30.3 Å². The molecule has 1 radical (unpaired) electrons. The van der Waals surface area contributed by atoms with E-state index in [0.29, 0.717) is 4.90 Å². The summed E-state index contributed by atoms with van der Waals surface area (Å²) in [5, 5.41) is 0. The van der Waals surface area contributed by atoms with Gasteiger partial charge in [0.1, 0.15) is 0 Å². The van der Waals surface area contributed by atoms with Gasteiger partial charge in [-0.1, -0.05) is 36.4 Å². The van der Waals surface area contributed by atoms with Crippen LogP contribution in [0.15, 0.2) is 53.4 Å². The number of hydrogen-bond acceptors (Lipinski definition) is 2. The van der Waals surface area contributed by atoms with Gasteiger partial charge in [-0.2, -0.15) is 0 Å². The molecule has 0 aromatic heterocycles. The van der Waals surface area contributed by atoms with Gasteiger partial charge in [0.2, 0.25) is 0 Å². The second-order valence-electron chi connectivity index (χ2n) is 3.08. The molecule has 0 aliphatic rings. The molecule has 0 saturated heterocycles. The van der Waals surface area contributed by atoms with Crippen LogP contribution in [0.25, 0.3) is 11.1 Å². The van der Waals surface area contributed by atoms with Gasteiger partial charge in [0.05, 0.1) is 4.90 Å². The SMILES string of the molecule is O=[SH](=O)c1c[c]c(-c2ccccc2)cc1. The number of benzene rings is 2. The summed E-state index contributed by atoms with van der Waals surface area (Å²) in [5.41, 5.74) is 1.93. The van der Waals surface area contributed by atoms with Gasteiger partial charge >= 0.3 is 0 Å². The van der Waals surface area contributed by atoms with E-state index in [4.69, 9.17) is 0 Å². The third-order valence-electron chi connectivity index (χ3n) is 2.09. The predicted octanol–water partition coefficient (Wildman–Crippen LogP) is 2.12. The quantitative estimate of drug-likeness (QED) is 0.782. The molecule has 2 aromatic carbocycles. The van der Waals surface area contributed by atoms with Gasteiger partial charge in [-0.25, -0.2) is 8.42 Å². The number of rotatable bonds is 2. The van der Waals surface area contributed by atoms with Crippen molar-refractivity contribution in [3.05, 3.63) is 54.6 Å². The Morgan fingerprint density at radius 3 is 2.20 bits per heavy atom. The fourth-order valence-electron chi connectivity index (χ4n) is 1.33. The van der Waals surface area contributed by atoms with Crippen molar-refractivity contribution in [2.75, 3.05) is 0 Å². The summed E-state index contributed by atoms with van der Waals surface area (Å²) in [6, 6.07) is 17.5. The fraction of sp³-hybridized carbons (Fsp3) is 0. The Morgan fingerprint density at radius 2 is 1.67 bits per heavy atom. The predicted molar refractivity (Wildman–Crippen MR) is 59.3 cm³/mol. The van der Waals surface area contributed by atoms with E-state index in [2.05, 4.69) is 6.07 Å². The first kappa shape index (κ1) is 9.93. The van der Waals surface area contributed by atoms with Crippen LogP contribution in [0, 0.1) is 6.07 Å². The van der Waals surface area contributed by atoms with Crippen LogP contribution in [0.1, 0.15) is 0 Å². The summed E-state index contributed by atoms with van der Waals surface area (Å²) >= 11 is 0. The zero-order valence-corrected chi connectivity index (χ0v) is 8.78. The molecule has 0 heterocycles. The van der Waals surface area contributed by atoms with Gasteiger partial charge in [-0.3, -0.25) is 0 Å². The Bertz CT molecular complexity index is 505. The van der Waals surface area contributed by atoms with Gasteiger partial charge in [0.15, 0.2) is 10.7 Å². The molecule has 0 spiro atoms. The van der Waals surface area contributed by atoms with Crippen molar-refractivity contribution < 1.29 is 8.42 Å². The van der Waals surface area contributed by atoms with E-state index in [1.165, 1.54) is 6.07 Å². The topological polar surface area (TPSA) is 34.1 Å². The molecule has 2 nitrogen and oxygen atoms in total. The van der Waals surface area contributed by atoms with Gasteiger partial charge in [-0.05, 0) is 29.3 Å². The largest absolute Gasteiger partial charge is 0.227 e. The molecular weight excluding hydrogens is 208 g/mol. The molecule has 0 aliphatic heterocycles. The Labute approximate surface area is 90.1 Å². The molecule has 0 atom stereocenters. The van der Waals surface area contributed by atoms with Crippen LogP contribution in [0.4, 0.5) is 0 Å². The van der Waals surface area contributed by atoms with Crippen molar-refractivity contribution >= 4 is 10.7 Å². The Hall–Kier alpha value is -1.61. The minimum atomic E-state index is -2.51. The normalized spacial score (nSPS) is 10.5. The summed E-state index contributed by atoms with van der Waals surface area (Å²) in [4.78, 5) is 0.296. The lowest BCUT2D eigenvalue weighted by Crippen LogP contribution is -1.81. The number of thiol groups is 1. The van der Waals surface area contributed by atoms with Crippen molar-refractivity contribution in [2.24, 2.45) is 0 Å². The molecule has 15 heavy (non-hydrogen) atoms. The van der Waals surface area contributed by atoms with Crippen molar-refractivity contribution in [2.45, 2.75) is 4.90 Å². The molecule has 0 fully saturated rings. The molecule has 0 saturated carbocycles. The van der Waals surface area contributed by atoms with Gasteiger partial charge < -0.3 is 0 Å². The summed E-state index contributed by atoms with van der Waals surface area (Å²) < 4.78 is 21.3. The third kappa shape index (κ3) is 2.25. The van der Waals surface area contributed by atoms with E-state index in [-0.39, 0.29) is 0 Å². The highest BCUT2D eigenvalue weighted by molar-refractivity contribution is 7.72. The maximum atomic E-state index is 10.7. The average molecular weight is 217 g/mol. The van der Waals surface area contributed by atoms with Crippen molar-refractivity contribution in [3.8, 4) is 11.1 Å². The zero-order chi connectivity index (χ0) is 10.7. The molecule has 0 unspecified atom stereocenters. The maximum absolute atomic E-state index is 10.7. The average Bonchev–Trinajstić information content (AvgIpc) is 2.30. The molecule has 75 valence electrons. The smallest absolute Gasteiger partial charge is 0.168 e. The molecule has 2 rings (SSSR count). The van der Waals surface area contributed by atoms with Crippen molar-refractivity contribution in [1.29, 1.82) is 0 Å². The van der Waals surface area contributed by atoms with Crippen molar-refractivity contribution in [3.63, 3.8) is 0 Å². The summed E-state index contributed by atoms with van der Waals surface area (Å²) in [6.07, 6.45) is 0. The van der Waals surface area contributed by atoms with Crippen molar-refractivity contribution in [1.82, 2.24) is 0 Å². The lowest BCUT2D eigenvalue weighted by molar-refractivity contribution is 0.614. The summed E-state index contributed by atoms with van der Waals surface area (Å²) in [6.45, 7) is 0. The lowest BCUT2D eigenvalue weighted by Gasteiger charge is -1.99. The second-order valence-corrected chi connectivity index (χ2v) is 4.11. The molecule has 0 bridgehead atoms. The van der Waals surface area contributed by atoms with Gasteiger partial charge in [0, 0.05) is 0 Å². The van der Waals surface area contributed by atoms with Crippen LogP contribution >= 0.6 is 0 Å². The standard InChI is InChI=1S/C12H9O2S/c13-15(14)12-8-6-11(7-9-12)10-4-2-1-3-5-10/h1-6,8-9,15H. The first-order chi connectivity index (χ1) is 7.27. The Kier molecular flexibility index (Phi) is 2.83. The minimum absolute atomic E-state index is 0.296. The van der Waals surface area contributed by atoms with Gasteiger partial charge in [-0.15, -0.1) is 0 Å². The van der Waals surface area contributed by atoms with E-state index in [1.54, 1.807) is 12.1 Å². The highest BCUT2D eigenvalue weighted by Crippen LogP contribution is 2.18. The molecule has 0 aliphatic carbocycles.